The average molecular weight is 448 g/mol. The number of rotatable bonds is 5. The van der Waals surface area contributed by atoms with Gasteiger partial charge in [0.15, 0.2) is 0 Å². The fourth-order valence-corrected chi connectivity index (χ4v) is 4.23. The van der Waals surface area contributed by atoms with Crippen LogP contribution in [0.2, 0.25) is 0 Å². The average Bonchev–Trinajstić information content (AvgIpc) is 2.89. The van der Waals surface area contributed by atoms with Crippen LogP contribution in [0, 0.1) is 0 Å². The third kappa shape index (κ3) is 3.98. The molecule has 0 spiro atoms. The van der Waals surface area contributed by atoms with E-state index in [-0.39, 0.29) is 5.56 Å². The molecule has 5 heteroatoms. The fourth-order valence-electron chi connectivity index (χ4n) is 4.23. The molecule has 0 unspecified atom stereocenters. The van der Waals surface area contributed by atoms with Gasteiger partial charge in [-0.05, 0) is 29.3 Å². The van der Waals surface area contributed by atoms with E-state index in [0.717, 1.165) is 45.7 Å². The Morgan fingerprint density at radius 3 is 2.26 bits per heavy atom. The fraction of sp³-hybridized carbons (Fsp3) is 0.103. The van der Waals surface area contributed by atoms with Crippen molar-refractivity contribution in [3.8, 4) is 33.5 Å². The van der Waals surface area contributed by atoms with Crippen molar-refractivity contribution in [2.45, 2.75) is 6.54 Å². The number of quaternary nitrogens is 1. The molecule has 3 aromatic carbocycles. The number of aromatic amines is 1. The summed E-state index contributed by atoms with van der Waals surface area (Å²) < 4.78 is 0. The highest BCUT2D eigenvalue weighted by Gasteiger charge is 2.16. The SMILES string of the molecule is CN(C)c1cccc(-c2c[nH]c(=O)c3cc(-c4ccccc4)c(-c4ccc(C[NH3+])cc4)nc23)c1. The van der Waals surface area contributed by atoms with Crippen LogP contribution in [0.15, 0.2) is 95.9 Å². The molecular weight excluding hydrogens is 420 g/mol. The first-order chi connectivity index (χ1) is 16.5. The van der Waals surface area contributed by atoms with Crippen LogP contribution in [0.1, 0.15) is 5.56 Å². The molecule has 2 aromatic heterocycles. The second-order valence-electron chi connectivity index (χ2n) is 8.57. The normalized spacial score (nSPS) is 11.0. The molecule has 0 amide bonds. The first-order valence-electron chi connectivity index (χ1n) is 11.3. The maximum absolute atomic E-state index is 12.9. The number of benzene rings is 3. The van der Waals surface area contributed by atoms with E-state index in [9.17, 15) is 4.79 Å². The monoisotopic (exact) mass is 447 g/mol. The molecular formula is C29H27N4O+. The number of anilines is 1. The van der Waals surface area contributed by atoms with E-state index in [4.69, 9.17) is 4.98 Å². The van der Waals surface area contributed by atoms with Crippen LogP contribution < -0.4 is 16.2 Å². The lowest BCUT2D eigenvalue weighted by atomic mass is 9.95. The molecule has 0 bridgehead atoms. The first-order valence-corrected chi connectivity index (χ1v) is 11.3. The molecule has 0 saturated heterocycles. The summed E-state index contributed by atoms with van der Waals surface area (Å²) in [7, 11) is 4.03. The lowest BCUT2D eigenvalue weighted by molar-refractivity contribution is -0.386. The number of fused-ring (bicyclic) bond motifs is 1. The summed E-state index contributed by atoms with van der Waals surface area (Å²) in [6, 6.07) is 28.7. The zero-order chi connectivity index (χ0) is 23.7. The smallest absolute Gasteiger partial charge is 0.257 e. The Morgan fingerprint density at radius 1 is 0.824 bits per heavy atom. The van der Waals surface area contributed by atoms with E-state index >= 15 is 0 Å². The van der Waals surface area contributed by atoms with Crippen LogP contribution >= 0.6 is 0 Å². The molecule has 0 aliphatic rings. The second kappa shape index (κ2) is 8.96. The number of nitrogens with one attached hydrogen (secondary N) is 1. The van der Waals surface area contributed by atoms with E-state index in [1.165, 1.54) is 5.56 Å². The molecule has 0 aliphatic carbocycles. The molecule has 0 fully saturated rings. The number of hydrogen-bond acceptors (Lipinski definition) is 3. The quantitative estimate of drug-likeness (QED) is 0.409. The molecule has 5 rings (SSSR count). The van der Waals surface area contributed by atoms with Gasteiger partial charge < -0.3 is 15.6 Å². The Bertz CT molecular complexity index is 1520. The summed E-state index contributed by atoms with van der Waals surface area (Å²) in [5.41, 5.74) is 12.5. The van der Waals surface area contributed by atoms with Crippen molar-refractivity contribution in [2.75, 3.05) is 19.0 Å². The highest BCUT2D eigenvalue weighted by Crippen LogP contribution is 2.36. The highest BCUT2D eigenvalue weighted by atomic mass is 16.1. The number of pyridine rings is 2. The van der Waals surface area contributed by atoms with Crippen LogP contribution in [0.5, 0.6) is 0 Å². The molecule has 0 atom stereocenters. The van der Waals surface area contributed by atoms with Crippen LogP contribution in [0.3, 0.4) is 0 Å². The van der Waals surface area contributed by atoms with Crippen LogP contribution in [-0.2, 0) is 6.54 Å². The standard InChI is InChI=1S/C29H26N4O/c1-33(2)23-10-6-9-22(15-23)26-18-31-29(34)25-16-24(20-7-4-3-5-8-20)27(32-28(25)26)21-13-11-19(17-30)12-14-21/h3-16,18H,17,30H2,1-2H3,(H,31,34)/p+1. The molecule has 0 radical (unpaired) electrons. The predicted molar refractivity (Wildman–Crippen MR) is 140 cm³/mol. The van der Waals surface area contributed by atoms with E-state index in [0.29, 0.717) is 10.9 Å². The largest absolute Gasteiger partial charge is 0.378 e. The number of nitrogens with zero attached hydrogens (tertiary/aromatic N) is 2. The van der Waals surface area contributed by atoms with E-state index in [1.54, 1.807) is 6.20 Å². The van der Waals surface area contributed by atoms with Gasteiger partial charge in [0, 0.05) is 48.2 Å². The third-order valence-corrected chi connectivity index (χ3v) is 6.14. The maximum atomic E-state index is 12.9. The molecule has 5 aromatic rings. The summed E-state index contributed by atoms with van der Waals surface area (Å²) in [6.07, 6.45) is 1.77. The molecule has 2 heterocycles. The van der Waals surface area contributed by atoms with Crippen molar-refractivity contribution < 1.29 is 5.73 Å². The Hall–Kier alpha value is -4.22. The Morgan fingerprint density at radius 2 is 1.56 bits per heavy atom. The van der Waals surface area contributed by atoms with Gasteiger partial charge >= 0.3 is 0 Å². The molecule has 5 nitrogen and oxygen atoms in total. The van der Waals surface area contributed by atoms with Crippen LogP contribution in [0.25, 0.3) is 44.4 Å². The summed E-state index contributed by atoms with van der Waals surface area (Å²) >= 11 is 0. The van der Waals surface area contributed by atoms with Crippen molar-refractivity contribution in [1.29, 1.82) is 0 Å². The lowest BCUT2D eigenvalue weighted by Gasteiger charge is -2.16. The van der Waals surface area contributed by atoms with Gasteiger partial charge in [-0.2, -0.15) is 0 Å². The zero-order valence-corrected chi connectivity index (χ0v) is 19.4. The summed E-state index contributed by atoms with van der Waals surface area (Å²) in [6.45, 7) is 0.735. The van der Waals surface area contributed by atoms with Gasteiger partial charge in [0.1, 0.15) is 0 Å². The number of aromatic nitrogens is 2. The van der Waals surface area contributed by atoms with Crippen LogP contribution in [-0.4, -0.2) is 24.1 Å². The van der Waals surface area contributed by atoms with Gasteiger partial charge in [0.05, 0.1) is 23.1 Å². The molecule has 0 saturated carbocycles. The molecule has 4 N–H and O–H groups in total. The van der Waals surface area contributed by atoms with Gasteiger partial charge in [-0.3, -0.25) is 4.79 Å². The summed E-state index contributed by atoms with van der Waals surface area (Å²) in [4.78, 5) is 23.1. The van der Waals surface area contributed by atoms with Crippen molar-refractivity contribution in [3.63, 3.8) is 0 Å². The second-order valence-corrected chi connectivity index (χ2v) is 8.57. The molecule has 168 valence electrons. The van der Waals surface area contributed by atoms with E-state index in [1.807, 2.05) is 44.4 Å². The topological polar surface area (TPSA) is 76.6 Å². The van der Waals surface area contributed by atoms with Crippen molar-refractivity contribution >= 4 is 16.6 Å². The van der Waals surface area contributed by atoms with Gasteiger partial charge in [-0.15, -0.1) is 0 Å². The highest BCUT2D eigenvalue weighted by molar-refractivity contribution is 5.98. The van der Waals surface area contributed by atoms with E-state index < -0.39 is 0 Å². The Labute approximate surface area is 198 Å². The van der Waals surface area contributed by atoms with Gasteiger partial charge in [-0.25, -0.2) is 4.98 Å². The van der Waals surface area contributed by atoms with E-state index in [2.05, 4.69) is 70.2 Å². The molecule has 0 aliphatic heterocycles. The van der Waals surface area contributed by atoms with Crippen molar-refractivity contribution in [2.24, 2.45) is 0 Å². The van der Waals surface area contributed by atoms with Crippen molar-refractivity contribution in [1.82, 2.24) is 9.97 Å². The minimum atomic E-state index is -0.147. The third-order valence-electron chi connectivity index (χ3n) is 6.14. The predicted octanol–water partition coefficient (Wildman–Crippen LogP) is 4.73. The summed E-state index contributed by atoms with van der Waals surface area (Å²) in [5, 5.41) is 0.574. The minimum Gasteiger partial charge on any atom is -0.378 e. The van der Waals surface area contributed by atoms with Gasteiger partial charge in [0.2, 0.25) is 0 Å². The van der Waals surface area contributed by atoms with Crippen molar-refractivity contribution in [3.05, 3.63) is 107 Å². The van der Waals surface area contributed by atoms with Gasteiger partial charge in [0.25, 0.3) is 5.56 Å². The Kier molecular flexibility index (Phi) is 5.70. The number of H-pyrrole nitrogens is 1. The van der Waals surface area contributed by atoms with Gasteiger partial charge in [-0.1, -0.05) is 66.7 Å². The minimum absolute atomic E-state index is 0.147. The first kappa shape index (κ1) is 21.6. The summed E-state index contributed by atoms with van der Waals surface area (Å²) in [5.74, 6) is 0. The van der Waals surface area contributed by atoms with Crippen LogP contribution in [0.4, 0.5) is 5.69 Å². The lowest BCUT2D eigenvalue weighted by Crippen LogP contribution is -2.47. The zero-order valence-electron chi connectivity index (χ0n) is 19.4. The Balaban J connectivity index is 1.82. The molecule has 34 heavy (non-hydrogen) atoms. The number of hydrogen-bond donors (Lipinski definition) is 2. The maximum Gasteiger partial charge on any atom is 0.257 e.